The fourth-order valence-corrected chi connectivity index (χ4v) is 3.94. The van der Waals surface area contributed by atoms with E-state index >= 15 is 0 Å². The monoisotopic (exact) mass is 541 g/mol. The van der Waals surface area contributed by atoms with Gasteiger partial charge in [-0.3, -0.25) is 14.4 Å². The second-order valence-corrected chi connectivity index (χ2v) is 10.2. The fourth-order valence-electron chi connectivity index (χ4n) is 3.94. The van der Waals surface area contributed by atoms with Crippen LogP contribution in [0.3, 0.4) is 0 Å². The first-order valence-corrected chi connectivity index (χ1v) is 12.8. The summed E-state index contributed by atoms with van der Waals surface area (Å²) in [5, 5.41) is 15.4. The van der Waals surface area contributed by atoms with Gasteiger partial charge in [-0.05, 0) is 57.4 Å². The maximum Gasteiger partial charge on any atom is 0.408 e. The molecule has 0 aromatic heterocycles. The molecule has 2 rings (SSSR count). The molecule has 3 amide bonds. The largest absolute Gasteiger partial charge is 0.508 e. The number of phenols is 1. The van der Waals surface area contributed by atoms with Crippen LogP contribution in [0.4, 0.5) is 4.79 Å². The minimum Gasteiger partial charge on any atom is -0.508 e. The number of hydrogen-bond donors (Lipinski definition) is 3. The Labute approximate surface area is 229 Å². The van der Waals surface area contributed by atoms with Gasteiger partial charge in [-0.15, -0.1) is 0 Å². The zero-order chi connectivity index (χ0) is 29.2. The van der Waals surface area contributed by atoms with Gasteiger partial charge in [0.25, 0.3) is 0 Å². The molecule has 0 radical (unpaired) electrons. The van der Waals surface area contributed by atoms with Crippen LogP contribution in [0.15, 0.2) is 54.6 Å². The van der Waals surface area contributed by atoms with Crippen molar-refractivity contribution in [3.63, 3.8) is 0 Å². The lowest BCUT2D eigenvalue weighted by molar-refractivity contribution is -0.146. The SMILES string of the molecule is CCC(C)N(C(=O)C(Cc1ccccc1)NC(=O)OC(C)(C)C)C(C(=O)NCC(=O)OC)c1cccc(O)c1. The van der Waals surface area contributed by atoms with E-state index in [1.807, 2.05) is 37.3 Å². The first-order valence-electron chi connectivity index (χ1n) is 12.8. The molecule has 212 valence electrons. The number of esters is 1. The number of carbonyl (C=O) groups is 4. The topological polar surface area (TPSA) is 134 Å². The van der Waals surface area contributed by atoms with E-state index in [1.54, 1.807) is 39.8 Å². The fraction of sp³-hybridized carbons (Fsp3) is 0.448. The predicted octanol–water partition coefficient (Wildman–Crippen LogP) is 3.49. The van der Waals surface area contributed by atoms with Crippen molar-refractivity contribution in [1.82, 2.24) is 15.5 Å². The van der Waals surface area contributed by atoms with E-state index < -0.39 is 54.1 Å². The number of methoxy groups -OCH3 is 1. The van der Waals surface area contributed by atoms with E-state index in [0.717, 1.165) is 5.56 Å². The van der Waals surface area contributed by atoms with Crippen molar-refractivity contribution in [3.05, 3.63) is 65.7 Å². The van der Waals surface area contributed by atoms with Gasteiger partial charge in [-0.2, -0.15) is 0 Å². The van der Waals surface area contributed by atoms with Crippen molar-refractivity contribution in [2.75, 3.05) is 13.7 Å². The van der Waals surface area contributed by atoms with Crippen molar-refractivity contribution < 1.29 is 33.8 Å². The molecular weight excluding hydrogens is 502 g/mol. The standard InChI is InChI=1S/C29H39N3O7/c1-7-19(2)32(25(21-14-11-15-22(33)17-21)26(35)30-18-24(34)38-6)27(36)23(16-20-12-9-8-10-13-20)31-28(37)39-29(3,4)5/h8-15,17,19,23,25,33H,7,16,18H2,1-6H3,(H,30,35)(H,31,37). The number of amides is 3. The van der Waals surface area contributed by atoms with E-state index in [2.05, 4.69) is 15.4 Å². The molecule has 39 heavy (non-hydrogen) atoms. The Bertz CT molecular complexity index is 1130. The van der Waals surface area contributed by atoms with Crippen LogP contribution < -0.4 is 10.6 Å². The summed E-state index contributed by atoms with van der Waals surface area (Å²) in [6.07, 6.45) is -0.150. The number of rotatable bonds is 11. The molecule has 0 fully saturated rings. The zero-order valence-electron chi connectivity index (χ0n) is 23.4. The number of alkyl carbamates (subject to hydrolysis) is 1. The molecule has 2 aromatic rings. The van der Waals surface area contributed by atoms with Crippen molar-refractivity contribution in [2.24, 2.45) is 0 Å². The molecule has 0 saturated heterocycles. The Morgan fingerprint density at radius 3 is 2.26 bits per heavy atom. The second-order valence-electron chi connectivity index (χ2n) is 10.2. The van der Waals surface area contributed by atoms with Crippen LogP contribution in [-0.4, -0.2) is 65.2 Å². The molecule has 3 unspecified atom stereocenters. The molecule has 0 spiro atoms. The van der Waals surface area contributed by atoms with Crippen LogP contribution in [0.1, 0.15) is 58.2 Å². The van der Waals surface area contributed by atoms with Crippen molar-refractivity contribution in [2.45, 2.75) is 71.2 Å². The van der Waals surface area contributed by atoms with Crippen LogP contribution in [-0.2, 0) is 30.3 Å². The summed E-state index contributed by atoms with van der Waals surface area (Å²) in [4.78, 5) is 53.7. The number of nitrogens with zero attached hydrogens (tertiary/aromatic N) is 1. The molecule has 3 atom stereocenters. The van der Waals surface area contributed by atoms with Gasteiger partial charge in [0.15, 0.2) is 0 Å². The second kappa shape index (κ2) is 14.2. The third-order valence-electron chi connectivity index (χ3n) is 5.94. The van der Waals surface area contributed by atoms with Gasteiger partial charge >= 0.3 is 12.1 Å². The molecule has 0 aliphatic heterocycles. The minimum atomic E-state index is -1.22. The van der Waals surface area contributed by atoms with E-state index in [4.69, 9.17) is 4.74 Å². The van der Waals surface area contributed by atoms with Crippen molar-refractivity contribution in [3.8, 4) is 5.75 Å². The number of phenolic OH excluding ortho intramolecular Hbond substituents is 1. The highest BCUT2D eigenvalue weighted by Gasteiger charge is 2.38. The minimum absolute atomic E-state index is 0.0949. The lowest BCUT2D eigenvalue weighted by Crippen LogP contribution is -2.56. The Morgan fingerprint density at radius 1 is 1.03 bits per heavy atom. The molecule has 0 aliphatic carbocycles. The van der Waals surface area contributed by atoms with E-state index in [1.165, 1.54) is 24.1 Å². The quantitative estimate of drug-likeness (QED) is 0.371. The maximum absolute atomic E-state index is 14.3. The molecule has 0 bridgehead atoms. The predicted molar refractivity (Wildman–Crippen MR) is 146 cm³/mol. The average molecular weight is 542 g/mol. The number of hydrogen-bond acceptors (Lipinski definition) is 7. The summed E-state index contributed by atoms with van der Waals surface area (Å²) in [7, 11) is 1.20. The maximum atomic E-state index is 14.3. The van der Waals surface area contributed by atoms with Crippen LogP contribution in [0.5, 0.6) is 5.75 Å². The number of aromatic hydroxyl groups is 1. The summed E-state index contributed by atoms with van der Waals surface area (Å²) in [5.74, 6) is -1.92. The third-order valence-corrected chi connectivity index (χ3v) is 5.94. The Hall–Kier alpha value is -4.08. The van der Waals surface area contributed by atoms with Gasteiger partial charge < -0.3 is 30.1 Å². The molecule has 10 heteroatoms. The first-order chi connectivity index (χ1) is 18.4. The van der Waals surface area contributed by atoms with Gasteiger partial charge in [-0.25, -0.2) is 4.79 Å². The van der Waals surface area contributed by atoms with E-state index in [-0.39, 0.29) is 12.2 Å². The Kier molecular flexibility index (Phi) is 11.3. The number of nitrogens with one attached hydrogen (secondary N) is 2. The van der Waals surface area contributed by atoms with Gasteiger partial charge in [0, 0.05) is 12.5 Å². The van der Waals surface area contributed by atoms with Gasteiger partial charge in [0.2, 0.25) is 11.8 Å². The first kappa shape index (κ1) is 31.1. The summed E-state index contributed by atoms with van der Waals surface area (Å²) < 4.78 is 10.1. The molecule has 0 saturated carbocycles. The highest BCUT2D eigenvalue weighted by atomic mass is 16.6. The van der Waals surface area contributed by atoms with Gasteiger partial charge in [-0.1, -0.05) is 49.4 Å². The molecule has 3 N–H and O–H groups in total. The molecule has 2 aromatic carbocycles. The summed E-state index contributed by atoms with van der Waals surface area (Å²) in [6, 6.07) is 12.4. The van der Waals surface area contributed by atoms with Crippen LogP contribution in [0.2, 0.25) is 0 Å². The van der Waals surface area contributed by atoms with Gasteiger partial charge in [0.05, 0.1) is 7.11 Å². The van der Waals surface area contributed by atoms with E-state index in [9.17, 15) is 24.3 Å². The van der Waals surface area contributed by atoms with Crippen LogP contribution >= 0.6 is 0 Å². The number of carbonyl (C=O) groups excluding carboxylic acids is 4. The van der Waals surface area contributed by atoms with Crippen LogP contribution in [0.25, 0.3) is 0 Å². The normalized spacial score (nSPS) is 13.4. The van der Waals surface area contributed by atoms with E-state index in [0.29, 0.717) is 12.0 Å². The number of ether oxygens (including phenoxy) is 2. The third kappa shape index (κ3) is 9.63. The molecule has 10 nitrogen and oxygen atoms in total. The van der Waals surface area contributed by atoms with Crippen molar-refractivity contribution in [1.29, 1.82) is 0 Å². The Balaban J connectivity index is 2.56. The Morgan fingerprint density at radius 2 is 1.69 bits per heavy atom. The highest BCUT2D eigenvalue weighted by molar-refractivity contribution is 5.93. The molecule has 0 aliphatic rings. The average Bonchev–Trinajstić information content (AvgIpc) is 2.88. The lowest BCUT2D eigenvalue weighted by Gasteiger charge is -2.38. The van der Waals surface area contributed by atoms with Crippen molar-refractivity contribution >= 4 is 23.9 Å². The zero-order valence-corrected chi connectivity index (χ0v) is 23.4. The molecule has 0 heterocycles. The number of benzene rings is 2. The lowest BCUT2D eigenvalue weighted by atomic mass is 9.98. The summed E-state index contributed by atoms with van der Waals surface area (Å²) >= 11 is 0. The van der Waals surface area contributed by atoms with Crippen LogP contribution in [0, 0.1) is 0 Å². The molecular formula is C29H39N3O7. The summed E-state index contributed by atoms with van der Waals surface area (Å²) in [5.41, 5.74) is 0.334. The smallest absolute Gasteiger partial charge is 0.408 e. The highest BCUT2D eigenvalue weighted by Crippen LogP contribution is 2.28. The van der Waals surface area contributed by atoms with Gasteiger partial charge in [0.1, 0.15) is 30.0 Å². The summed E-state index contributed by atoms with van der Waals surface area (Å²) in [6.45, 7) is 8.40.